The molecule has 78 valence electrons. The van der Waals surface area contributed by atoms with E-state index in [1.807, 2.05) is 30.5 Å². The molecule has 1 aromatic carbocycles. The van der Waals surface area contributed by atoms with Gasteiger partial charge < -0.3 is 5.11 Å². The van der Waals surface area contributed by atoms with Gasteiger partial charge in [0, 0.05) is 22.4 Å². The number of benzene rings is 1. The monoisotopic (exact) mass is 266 g/mol. The molecule has 0 aliphatic carbocycles. The van der Waals surface area contributed by atoms with E-state index in [1.54, 1.807) is 17.8 Å². The third-order valence-electron chi connectivity index (χ3n) is 2.19. The molecule has 0 bridgehead atoms. The van der Waals surface area contributed by atoms with Gasteiger partial charge in [-0.05, 0) is 25.1 Å². The first-order valence-corrected chi connectivity index (χ1v) is 5.45. The van der Waals surface area contributed by atoms with Crippen LogP contribution < -0.4 is 0 Å². The van der Waals surface area contributed by atoms with Gasteiger partial charge in [-0.25, -0.2) is 4.68 Å². The molecule has 1 atom stereocenters. The van der Waals surface area contributed by atoms with Gasteiger partial charge in [-0.15, -0.1) is 0 Å². The van der Waals surface area contributed by atoms with Gasteiger partial charge in [0.2, 0.25) is 0 Å². The van der Waals surface area contributed by atoms with Gasteiger partial charge in [0.25, 0.3) is 0 Å². The molecule has 1 unspecified atom stereocenters. The number of aliphatic hydroxyl groups excluding tert-OH is 1. The van der Waals surface area contributed by atoms with Crippen molar-refractivity contribution in [2.45, 2.75) is 13.0 Å². The van der Waals surface area contributed by atoms with Crippen molar-refractivity contribution in [3.63, 3.8) is 0 Å². The van der Waals surface area contributed by atoms with Crippen LogP contribution in [0.15, 0.2) is 41.1 Å². The molecule has 3 nitrogen and oxygen atoms in total. The first-order valence-electron chi connectivity index (χ1n) is 4.66. The van der Waals surface area contributed by atoms with Gasteiger partial charge in [0.1, 0.15) is 0 Å². The van der Waals surface area contributed by atoms with Crippen LogP contribution in [-0.2, 0) is 0 Å². The molecule has 2 rings (SSSR count). The molecule has 0 radical (unpaired) electrons. The van der Waals surface area contributed by atoms with Gasteiger partial charge in [0.15, 0.2) is 0 Å². The van der Waals surface area contributed by atoms with Crippen molar-refractivity contribution in [1.82, 2.24) is 9.78 Å². The highest BCUT2D eigenvalue weighted by atomic mass is 79.9. The molecular weight excluding hydrogens is 256 g/mol. The fourth-order valence-electron chi connectivity index (χ4n) is 1.48. The van der Waals surface area contributed by atoms with E-state index in [0.29, 0.717) is 0 Å². The van der Waals surface area contributed by atoms with E-state index in [1.165, 1.54) is 0 Å². The Kier molecular flexibility index (Phi) is 2.88. The summed E-state index contributed by atoms with van der Waals surface area (Å²) in [6.45, 7) is 1.75. The average molecular weight is 267 g/mol. The van der Waals surface area contributed by atoms with Gasteiger partial charge in [-0.2, -0.15) is 5.10 Å². The first-order chi connectivity index (χ1) is 7.18. The maximum atomic E-state index is 9.64. The van der Waals surface area contributed by atoms with Crippen LogP contribution in [0.5, 0.6) is 0 Å². The Morgan fingerprint density at radius 1 is 1.47 bits per heavy atom. The Balaban J connectivity index is 2.58. The van der Waals surface area contributed by atoms with Crippen molar-refractivity contribution in [3.8, 4) is 5.69 Å². The quantitative estimate of drug-likeness (QED) is 0.908. The van der Waals surface area contributed by atoms with Crippen LogP contribution in [0.25, 0.3) is 5.69 Å². The summed E-state index contributed by atoms with van der Waals surface area (Å²) in [5, 5.41) is 13.8. The average Bonchev–Trinajstić information content (AvgIpc) is 2.69. The van der Waals surface area contributed by atoms with E-state index in [4.69, 9.17) is 0 Å². The first kappa shape index (κ1) is 10.4. The van der Waals surface area contributed by atoms with E-state index in [9.17, 15) is 5.11 Å². The van der Waals surface area contributed by atoms with Crippen molar-refractivity contribution in [1.29, 1.82) is 0 Å². The highest BCUT2D eigenvalue weighted by Gasteiger charge is 2.09. The molecule has 15 heavy (non-hydrogen) atoms. The normalized spacial score (nSPS) is 12.7. The van der Waals surface area contributed by atoms with Crippen LogP contribution in [0.2, 0.25) is 0 Å². The number of hydrogen-bond acceptors (Lipinski definition) is 2. The lowest BCUT2D eigenvalue weighted by Crippen LogP contribution is -2.02. The lowest BCUT2D eigenvalue weighted by Gasteiger charge is -2.12. The van der Waals surface area contributed by atoms with Gasteiger partial charge >= 0.3 is 0 Å². The van der Waals surface area contributed by atoms with E-state index in [2.05, 4.69) is 21.0 Å². The zero-order valence-corrected chi connectivity index (χ0v) is 9.85. The maximum absolute atomic E-state index is 9.64. The second-order valence-corrected chi connectivity index (χ2v) is 4.25. The van der Waals surface area contributed by atoms with Crippen molar-refractivity contribution < 1.29 is 5.11 Å². The van der Waals surface area contributed by atoms with E-state index in [-0.39, 0.29) is 0 Å². The Labute approximate surface area is 96.5 Å². The summed E-state index contributed by atoms with van der Waals surface area (Å²) in [6.07, 6.45) is 3.07. The van der Waals surface area contributed by atoms with Crippen molar-refractivity contribution in [2.24, 2.45) is 0 Å². The van der Waals surface area contributed by atoms with Crippen LogP contribution >= 0.6 is 15.9 Å². The maximum Gasteiger partial charge on any atom is 0.0782 e. The summed E-state index contributed by atoms with van der Waals surface area (Å²) in [7, 11) is 0. The fourth-order valence-corrected chi connectivity index (χ4v) is 1.83. The lowest BCUT2D eigenvalue weighted by molar-refractivity contribution is 0.199. The minimum Gasteiger partial charge on any atom is -0.389 e. The smallest absolute Gasteiger partial charge is 0.0782 e. The van der Waals surface area contributed by atoms with Crippen LogP contribution in [0.3, 0.4) is 0 Å². The largest absolute Gasteiger partial charge is 0.389 e. The molecule has 1 N–H and O–H groups in total. The standard InChI is InChI=1S/C11H11BrN2O/c1-8(15)10-4-3-9(12)7-11(10)14-6-2-5-13-14/h2-8,15H,1H3. The predicted octanol–water partition coefficient (Wildman–Crippen LogP) is 2.69. The summed E-state index contributed by atoms with van der Waals surface area (Å²) in [5.41, 5.74) is 1.76. The summed E-state index contributed by atoms with van der Waals surface area (Å²) in [4.78, 5) is 0. The highest BCUT2D eigenvalue weighted by molar-refractivity contribution is 9.10. The Bertz CT molecular complexity index is 452. The minimum atomic E-state index is -0.503. The van der Waals surface area contributed by atoms with Gasteiger partial charge in [0.05, 0.1) is 11.8 Å². The Morgan fingerprint density at radius 3 is 2.87 bits per heavy atom. The molecule has 1 heterocycles. The number of halogens is 1. The number of aliphatic hydroxyl groups is 1. The van der Waals surface area contributed by atoms with Crippen molar-refractivity contribution in [2.75, 3.05) is 0 Å². The minimum absolute atomic E-state index is 0.503. The third kappa shape index (κ3) is 2.11. The topological polar surface area (TPSA) is 38.0 Å². The zero-order chi connectivity index (χ0) is 10.8. The highest BCUT2D eigenvalue weighted by Crippen LogP contribution is 2.24. The number of nitrogens with zero attached hydrogens (tertiary/aromatic N) is 2. The molecule has 4 heteroatoms. The second kappa shape index (κ2) is 4.16. The van der Waals surface area contributed by atoms with Crippen LogP contribution in [0.1, 0.15) is 18.6 Å². The van der Waals surface area contributed by atoms with Crippen LogP contribution in [-0.4, -0.2) is 14.9 Å². The van der Waals surface area contributed by atoms with E-state index >= 15 is 0 Å². The molecule has 0 aliphatic heterocycles. The molecule has 0 fully saturated rings. The van der Waals surface area contributed by atoms with Gasteiger partial charge in [-0.1, -0.05) is 22.0 Å². The number of rotatable bonds is 2. The molecule has 0 amide bonds. The van der Waals surface area contributed by atoms with Gasteiger partial charge in [-0.3, -0.25) is 0 Å². The fraction of sp³-hybridized carbons (Fsp3) is 0.182. The molecular formula is C11H11BrN2O. The molecule has 0 aliphatic rings. The predicted molar refractivity (Wildman–Crippen MR) is 61.9 cm³/mol. The number of hydrogen-bond donors (Lipinski definition) is 1. The molecule has 1 aromatic heterocycles. The van der Waals surface area contributed by atoms with Crippen molar-refractivity contribution >= 4 is 15.9 Å². The summed E-state index contributed by atoms with van der Waals surface area (Å²) < 4.78 is 2.71. The van der Waals surface area contributed by atoms with Crippen LogP contribution in [0.4, 0.5) is 0 Å². The molecule has 0 saturated carbocycles. The van der Waals surface area contributed by atoms with E-state index < -0.39 is 6.10 Å². The SMILES string of the molecule is CC(O)c1ccc(Br)cc1-n1cccn1. The number of aromatic nitrogens is 2. The molecule has 0 saturated heterocycles. The third-order valence-corrected chi connectivity index (χ3v) is 2.69. The zero-order valence-electron chi connectivity index (χ0n) is 8.26. The Morgan fingerprint density at radius 2 is 2.27 bits per heavy atom. The summed E-state index contributed by atoms with van der Waals surface area (Å²) in [6, 6.07) is 7.60. The van der Waals surface area contributed by atoms with Crippen LogP contribution in [0, 0.1) is 0 Å². The summed E-state index contributed by atoms with van der Waals surface area (Å²) >= 11 is 3.41. The molecule has 2 aromatic rings. The summed E-state index contributed by atoms with van der Waals surface area (Å²) in [5.74, 6) is 0. The second-order valence-electron chi connectivity index (χ2n) is 3.33. The van der Waals surface area contributed by atoms with Crippen molar-refractivity contribution in [3.05, 3.63) is 46.7 Å². The molecule has 0 spiro atoms. The van der Waals surface area contributed by atoms with E-state index in [0.717, 1.165) is 15.7 Å². The lowest BCUT2D eigenvalue weighted by atomic mass is 10.1. The Hall–Kier alpha value is -1.13.